The molecule has 2 aromatic rings. The zero-order valence-electron chi connectivity index (χ0n) is 25.5. The van der Waals surface area contributed by atoms with Gasteiger partial charge in [0, 0.05) is 23.5 Å². The minimum absolute atomic E-state index is 0.0116. The molecule has 2 fully saturated rings. The second kappa shape index (κ2) is 17.2. The number of β-lactam (4-membered cyclic amide) rings is 1. The highest BCUT2D eigenvalue weighted by molar-refractivity contribution is 8.00. The number of hydrogen-bond acceptors (Lipinski definition) is 16. The van der Waals surface area contributed by atoms with Gasteiger partial charge in [-0.05, 0) is 42.9 Å². The van der Waals surface area contributed by atoms with E-state index in [-0.39, 0.29) is 35.8 Å². The van der Waals surface area contributed by atoms with E-state index in [2.05, 4.69) is 20.4 Å². The zero-order chi connectivity index (χ0) is 35.6. The van der Waals surface area contributed by atoms with Gasteiger partial charge in [0.2, 0.25) is 0 Å². The summed E-state index contributed by atoms with van der Waals surface area (Å²) in [6, 6.07) is 2.59. The van der Waals surface area contributed by atoms with E-state index in [1.54, 1.807) is 30.6 Å². The Morgan fingerprint density at radius 3 is 2.49 bits per heavy atom. The third-order valence-corrected chi connectivity index (χ3v) is 9.05. The molecule has 3 aliphatic rings. The number of nitrogens with one attached hydrogen (secondary N) is 1. The molecular formula is C28H32N6O12S3. The van der Waals surface area contributed by atoms with E-state index in [4.69, 9.17) is 37.5 Å². The molecule has 21 heteroatoms. The molecule has 1 aliphatic carbocycles. The lowest BCUT2D eigenvalue weighted by Crippen LogP contribution is -2.71. The van der Waals surface area contributed by atoms with Crippen LogP contribution in [0.3, 0.4) is 0 Å². The normalized spacial score (nSPS) is 19.7. The highest BCUT2D eigenvalue weighted by Gasteiger charge is 2.54. The highest BCUT2D eigenvalue weighted by Crippen LogP contribution is 2.41. The third-order valence-electron chi connectivity index (χ3n) is 7.07. The summed E-state index contributed by atoms with van der Waals surface area (Å²) in [5, 5.41) is 16.0. The van der Waals surface area contributed by atoms with Gasteiger partial charge in [-0.2, -0.15) is 8.42 Å². The van der Waals surface area contributed by atoms with E-state index >= 15 is 0 Å². The Kier molecular flexibility index (Phi) is 13.1. The molecule has 2 aliphatic heterocycles. The van der Waals surface area contributed by atoms with E-state index in [0.29, 0.717) is 11.3 Å². The molecule has 1 saturated heterocycles. The minimum Gasteiger partial charge on any atom is -0.457 e. The summed E-state index contributed by atoms with van der Waals surface area (Å²) in [6.45, 7) is -0.477. The van der Waals surface area contributed by atoms with Gasteiger partial charge in [0.05, 0.1) is 0 Å². The average molecular weight is 741 g/mol. The number of amides is 2. The van der Waals surface area contributed by atoms with Gasteiger partial charge in [0.1, 0.15) is 42.1 Å². The molecule has 0 aromatic carbocycles. The first-order valence-corrected chi connectivity index (χ1v) is 17.9. The van der Waals surface area contributed by atoms with Crippen LogP contribution in [-0.2, 0) is 39.0 Å². The fourth-order valence-corrected chi connectivity index (χ4v) is 6.80. The molecule has 0 spiro atoms. The lowest BCUT2D eigenvalue weighted by molar-refractivity contribution is -0.153. The highest BCUT2D eigenvalue weighted by atomic mass is 32.3. The number of pyridine rings is 1. The van der Waals surface area contributed by atoms with Gasteiger partial charge in [-0.1, -0.05) is 29.8 Å². The second-order valence-electron chi connectivity index (χ2n) is 10.4. The van der Waals surface area contributed by atoms with E-state index in [9.17, 15) is 24.4 Å². The van der Waals surface area contributed by atoms with Gasteiger partial charge in [0.25, 0.3) is 11.8 Å². The fourth-order valence-electron chi connectivity index (χ4n) is 4.93. The summed E-state index contributed by atoms with van der Waals surface area (Å²) in [5.74, 6) is -1.87. The summed E-state index contributed by atoms with van der Waals surface area (Å²) in [7, 11) is -4.67. The van der Waals surface area contributed by atoms with E-state index in [1.807, 2.05) is 6.07 Å². The maximum atomic E-state index is 13.3. The largest absolute Gasteiger partial charge is 0.508 e. The first-order valence-electron chi connectivity index (χ1n) is 14.6. The monoisotopic (exact) mass is 740 g/mol. The van der Waals surface area contributed by atoms with Crippen molar-refractivity contribution in [1.82, 2.24) is 20.2 Å². The number of nitrogens with two attached hydrogens (primary N) is 1. The molecule has 0 bridgehead atoms. The summed E-state index contributed by atoms with van der Waals surface area (Å²) >= 11 is 2.39. The Labute approximate surface area is 288 Å². The number of thioether (sulfide) groups is 1. The topological polar surface area (TPSA) is 270 Å². The molecule has 1 saturated carbocycles. The van der Waals surface area contributed by atoms with Crippen molar-refractivity contribution in [2.75, 3.05) is 24.7 Å². The van der Waals surface area contributed by atoms with Crippen molar-refractivity contribution in [2.24, 2.45) is 5.16 Å². The number of nitrogens with zero attached hydrogens (tertiary/aromatic N) is 4. The van der Waals surface area contributed by atoms with Crippen LogP contribution in [-0.4, -0.2) is 104 Å². The lowest BCUT2D eigenvalue weighted by atomic mass is 9.98. The molecule has 18 nitrogen and oxygen atoms in total. The van der Waals surface area contributed by atoms with Crippen LogP contribution in [0, 0.1) is 0 Å². The van der Waals surface area contributed by atoms with Crippen molar-refractivity contribution in [3.63, 3.8) is 0 Å². The van der Waals surface area contributed by atoms with Gasteiger partial charge in [-0.25, -0.2) is 14.6 Å². The van der Waals surface area contributed by atoms with Crippen LogP contribution in [0.4, 0.5) is 9.93 Å². The van der Waals surface area contributed by atoms with Crippen LogP contribution in [0.25, 0.3) is 6.08 Å². The number of hydrogen-bond donors (Lipinski definition) is 5. The minimum atomic E-state index is -4.67. The molecule has 2 aromatic heterocycles. The Balaban J connectivity index is 0.00000101. The summed E-state index contributed by atoms with van der Waals surface area (Å²) in [5.41, 5.74) is 6.59. The third kappa shape index (κ3) is 10.7. The number of nitrogen functional groups attached to an aromatic ring is 1. The number of carbonyl (C=O) groups is 4. The van der Waals surface area contributed by atoms with Crippen LogP contribution >= 0.6 is 23.1 Å². The number of carbonyl (C=O) groups excluding carboxylic acids is 4. The van der Waals surface area contributed by atoms with Crippen molar-refractivity contribution in [2.45, 2.75) is 49.6 Å². The van der Waals surface area contributed by atoms with Crippen molar-refractivity contribution in [3.05, 3.63) is 58.5 Å². The Bertz CT molecular complexity index is 1720. The second-order valence-corrected chi connectivity index (χ2v) is 13.3. The molecule has 2 atom stereocenters. The van der Waals surface area contributed by atoms with Crippen molar-refractivity contribution < 1.29 is 56.1 Å². The van der Waals surface area contributed by atoms with Gasteiger partial charge in [-0.15, -0.1) is 23.1 Å². The Morgan fingerprint density at radius 2 is 1.86 bits per heavy atom. The number of ether oxygens (including phenoxy) is 3. The first kappa shape index (κ1) is 37.3. The zero-order valence-corrected chi connectivity index (χ0v) is 28.0. The number of aromatic nitrogens is 2. The predicted molar refractivity (Wildman–Crippen MR) is 175 cm³/mol. The van der Waals surface area contributed by atoms with Crippen molar-refractivity contribution in [3.8, 4) is 0 Å². The number of thiazole rings is 1. The molecule has 0 unspecified atom stereocenters. The molecule has 5 rings (SSSR count). The lowest BCUT2D eigenvalue weighted by Gasteiger charge is -2.49. The van der Waals surface area contributed by atoms with Crippen LogP contribution < -0.4 is 11.1 Å². The van der Waals surface area contributed by atoms with Crippen LogP contribution in [0.15, 0.2) is 52.4 Å². The molecule has 4 heterocycles. The first-order chi connectivity index (χ1) is 23.4. The van der Waals surface area contributed by atoms with E-state index < -0.39 is 51.5 Å². The van der Waals surface area contributed by atoms with Crippen molar-refractivity contribution >= 4 is 74.4 Å². The molecular weight excluding hydrogens is 709 g/mol. The van der Waals surface area contributed by atoms with Crippen LogP contribution in [0.5, 0.6) is 0 Å². The van der Waals surface area contributed by atoms with Gasteiger partial charge in [-0.3, -0.25) is 28.6 Å². The van der Waals surface area contributed by atoms with E-state index in [0.717, 1.165) is 49.0 Å². The van der Waals surface area contributed by atoms with Gasteiger partial charge in [0.15, 0.2) is 10.8 Å². The van der Waals surface area contributed by atoms with Crippen LogP contribution in [0.1, 0.15) is 43.4 Å². The van der Waals surface area contributed by atoms with Gasteiger partial charge >= 0.3 is 22.5 Å². The number of allylic oxidation sites excluding steroid dienone is 1. The predicted octanol–water partition coefficient (Wildman–Crippen LogP) is 2.04. The Hall–Kier alpha value is -4.57. The summed E-state index contributed by atoms with van der Waals surface area (Å²) in [6.07, 6.45) is 10.5. The number of fused-ring (bicyclic) bond motifs is 1. The molecule has 6 N–H and O–H groups in total. The average Bonchev–Trinajstić information content (AvgIpc) is 3.49. The number of oxime groups is 1. The fraction of sp³-hybridized carbons (Fsp3) is 0.393. The maximum Gasteiger partial charge on any atom is 0.508 e. The van der Waals surface area contributed by atoms with Crippen LogP contribution in [0.2, 0.25) is 0 Å². The summed E-state index contributed by atoms with van der Waals surface area (Å²) in [4.78, 5) is 60.8. The van der Waals surface area contributed by atoms with E-state index in [1.165, 1.54) is 22.0 Å². The SMILES string of the molecule is Nc1nc(C(=NO)C(=O)N[C@@H]2C(=O)N3C(C(=O)OCCOC(=O)OC4CCCCC4)=C(/C=C\c4cccnc4)CS[C@@H]23)cs1.O=S(=O)(O)O. The molecule has 0 radical (unpaired) electrons. The quantitative estimate of drug-likeness (QED) is 0.0443. The summed E-state index contributed by atoms with van der Waals surface area (Å²) < 4.78 is 47.4. The number of anilines is 1. The number of rotatable bonds is 10. The number of esters is 1. The molecule has 264 valence electrons. The van der Waals surface area contributed by atoms with Gasteiger partial charge < -0.3 is 30.5 Å². The molecule has 49 heavy (non-hydrogen) atoms. The molecule has 2 amide bonds. The van der Waals surface area contributed by atoms with Crippen molar-refractivity contribution in [1.29, 1.82) is 0 Å². The Morgan fingerprint density at radius 1 is 1.14 bits per heavy atom. The standard InChI is InChI=1S/C28H30N6O8S2.H2O4S/c29-27-31-19(15-44-27)20(33-39)23(35)32-21-24(36)34-22(17(14-43-25(21)34)9-8-16-5-4-10-30-13-16)26(37)40-11-12-41-28(38)42-18-6-2-1-3-7-18;1-5(2,3)4/h4-5,8-10,13,15,18,21,25,39H,1-3,6-7,11-12,14H2,(H2,29,31)(H,32,35);(H2,1,2,3,4)/b9-8-,33-20?;/t21-,25+;/m1./s1. The maximum absolute atomic E-state index is 13.3. The smallest absolute Gasteiger partial charge is 0.457 e.